The first kappa shape index (κ1) is 11.4. The molecule has 1 atom stereocenters. The van der Waals surface area contributed by atoms with Crippen molar-refractivity contribution in [3.63, 3.8) is 0 Å². The minimum absolute atomic E-state index is 0.100. The molecule has 1 aliphatic heterocycles. The number of piperidine rings is 1. The molecule has 1 aromatic rings. The van der Waals surface area contributed by atoms with Crippen LogP contribution in [0.15, 0.2) is 11.0 Å². The van der Waals surface area contributed by atoms with Crippen molar-refractivity contribution < 1.29 is 14.7 Å². The largest absolute Gasteiger partial charge is 0.480 e. The second-order valence-electron chi connectivity index (χ2n) is 4.00. The maximum atomic E-state index is 12.0. The van der Waals surface area contributed by atoms with E-state index < -0.39 is 23.6 Å². The summed E-state index contributed by atoms with van der Waals surface area (Å²) >= 11 is 0. The molecule has 7 heteroatoms. The summed E-state index contributed by atoms with van der Waals surface area (Å²) in [5.74, 6) is -1.45. The Morgan fingerprint density at radius 3 is 2.76 bits per heavy atom. The molecule has 1 fully saturated rings. The lowest BCUT2D eigenvalue weighted by Gasteiger charge is -2.32. The number of hydrogen-bond acceptors (Lipinski definition) is 3. The van der Waals surface area contributed by atoms with Gasteiger partial charge in [0.25, 0.3) is 5.91 Å². The molecule has 7 nitrogen and oxygen atoms in total. The van der Waals surface area contributed by atoms with E-state index in [0.29, 0.717) is 13.0 Å². The van der Waals surface area contributed by atoms with Gasteiger partial charge in [0.15, 0.2) is 0 Å². The third-order valence-electron chi connectivity index (χ3n) is 2.87. The van der Waals surface area contributed by atoms with Gasteiger partial charge in [-0.2, -0.15) is 0 Å². The molecule has 0 bridgehead atoms. The van der Waals surface area contributed by atoms with Crippen molar-refractivity contribution in [3.05, 3.63) is 22.4 Å². The highest BCUT2D eigenvalue weighted by atomic mass is 16.4. The zero-order chi connectivity index (χ0) is 12.4. The molecule has 0 unspecified atom stereocenters. The highest BCUT2D eigenvalue weighted by Gasteiger charge is 2.32. The van der Waals surface area contributed by atoms with Crippen molar-refractivity contribution in [3.8, 4) is 0 Å². The van der Waals surface area contributed by atoms with E-state index in [1.54, 1.807) is 0 Å². The zero-order valence-electron chi connectivity index (χ0n) is 9.10. The van der Waals surface area contributed by atoms with Crippen LogP contribution in [0.25, 0.3) is 0 Å². The van der Waals surface area contributed by atoms with E-state index in [1.165, 1.54) is 11.1 Å². The molecule has 1 aliphatic rings. The Morgan fingerprint density at radius 2 is 2.18 bits per heavy atom. The molecule has 17 heavy (non-hydrogen) atoms. The summed E-state index contributed by atoms with van der Waals surface area (Å²) < 4.78 is 0. The lowest BCUT2D eigenvalue weighted by Crippen LogP contribution is -2.48. The monoisotopic (exact) mass is 239 g/mol. The van der Waals surface area contributed by atoms with Crippen molar-refractivity contribution in [2.24, 2.45) is 0 Å². The van der Waals surface area contributed by atoms with Gasteiger partial charge in [0.05, 0.1) is 0 Å². The number of rotatable bonds is 2. The number of carbonyl (C=O) groups is 2. The normalized spacial score (nSPS) is 20.2. The fourth-order valence-electron chi connectivity index (χ4n) is 2.03. The minimum atomic E-state index is -1.00. The Bertz CT molecular complexity index is 490. The maximum Gasteiger partial charge on any atom is 0.326 e. The molecular formula is C10H13N3O4. The summed E-state index contributed by atoms with van der Waals surface area (Å²) in [7, 11) is 0. The van der Waals surface area contributed by atoms with E-state index in [-0.39, 0.29) is 5.69 Å². The molecule has 2 rings (SSSR count). The first-order valence-corrected chi connectivity index (χ1v) is 5.41. The Morgan fingerprint density at radius 1 is 1.41 bits per heavy atom. The predicted octanol–water partition coefficient (Wildman–Crippen LogP) is -0.218. The van der Waals surface area contributed by atoms with Gasteiger partial charge in [0.1, 0.15) is 11.7 Å². The molecule has 1 aromatic heterocycles. The predicted molar refractivity (Wildman–Crippen MR) is 57.7 cm³/mol. The molecule has 2 heterocycles. The molecule has 1 amide bonds. The number of carbonyl (C=O) groups excluding carboxylic acids is 1. The fourth-order valence-corrected chi connectivity index (χ4v) is 2.03. The van der Waals surface area contributed by atoms with E-state index in [2.05, 4.69) is 9.97 Å². The molecule has 92 valence electrons. The van der Waals surface area contributed by atoms with Gasteiger partial charge in [-0.25, -0.2) is 9.59 Å². The van der Waals surface area contributed by atoms with Crippen LogP contribution in [0.1, 0.15) is 29.8 Å². The standard InChI is InChI=1S/C10H13N3O4/c14-8(6-5-11-10(17)12-6)13-4-2-1-3-7(13)9(15)16/h5,7H,1-4H2,(H,15,16)(H2,11,12,17)/t7-/m0/s1. The summed E-state index contributed by atoms with van der Waals surface area (Å²) in [6.07, 6.45) is 3.29. The highest BCUT2D eigenvalue weighted by Crippen LogP contribution is 2.18. The van der Waals surface area contributed by atoms with Gasteiger partial charge >= 0.3 is 11.7 Å². The van der Waals surface area contributed by atoms with Crippen LogP contribution < -0.4 is 5.69 Å². The van der Waals surface area contributed by atoms with Gasteiger partial charge in [-0.05, 0) is 19.3 Å². The number of aromatic amines is 2. The molecule has 3 N–H and O–H groups in total. The number of nitrogens with one attached hydrogen (secondary N) is 2. The number of aliphatic carboxylic acids is 1. The van der Waals surface area contributed by atoms with Gasteiger partial charge < -0.3 is 20.0 Å². The number of nitrogens with zero attached hydrogens (tertiary/aromatic N) is 1. The van der Waals surface area contributed by atoms with Crippen LogP contribution >= 0.6 is 0 Å². The third kappa shape index (κ3) is 2.22. The number of amides is 1. The molecule has 1 saturated heterocycles. The van der Waals surface area contributed by atoms with E-state index in [1.807, 2.05) is 0 Å². The molecule has 0 radical (unpaired) electrons. The van der Waals surface area contributed by atoms with E-state index in [4.69, 9.17) is 5.11 Å². The number of carboxylic acids is 1. The number of hydrogen-bond donors (Lipinski definition) is 3. The minimum Gasteiger partial charge on any atom is -0.480 e. The Labute approximate surface area is 96.4 Å². The van der Waals surface area contributed by atoms with Gasteiger partial charge in [0.2, 0.25) is 0 Å². The van der Waals surface area contributed by atoms with Crippen LogP contribution in [-0.4, -0.2) is 44.4 Å². The van der Waals surface area contributed by atoms with Crippen molar-refractivity contribution in [1.82, 2.24) is 14.9 Å². The average Bonchev–Trinajstić information content (AvgIpc) is 2.75. The first-order chi connectivity index (χ1) is 8.09. The van der Waals surface area contributed by atoms with E-state index in [9.17, 15) is 14.4 Å². The maximum absolute atomic E-state index is 12.0. The molecule has 0 saturated carbocycles. The summed E-state index contributed by atoms with van der Waals surface area (Å²) in [4.78, 5) is 39.9. The van der Waals surface area contributed by atoms with Gasteiger partial charge in [0, 0.05) is 12.7 Å². The van der Waals surface area contributed by atoms with Gasteiger partial charge in [-0.1, -0.05) is 0 Å². The second-order valence-corrected chi connectivity index (χ2v) is 4.00. The summed E-state index contributed by atoms with van der Waals surface area (Å²) in [6.45, 7) is 0.406. The second kappa shape index (κ2) is 4.44. The quantitative estimate of drug-likeness (QED) is 0.663. The van der Waals surface area contributed by atoms with Crippen LogP contribution in [0.5, 0.6) is 0 Å². The van der Waals surface area contributed by atoms with Crippen molar-refractivity contribution in [1.29, 1.82) is 0 Å². The molecular weight excluding hydrogens is 226 g/mol. The topological polar surface area (TPSA) is 106 Å². The van der Waals surface area contributed by atoms with Gasteiger partial charge in [-0.3, -0.25) is 4.79 Å². The zero-order valence-corrected chi connectivity index (χ0v) is 9.10. The highest BCUT2D eigenvalue weighted by molar-refractivity contribution is 5.94. The lowest BCUT2D eigenvalue weighted by atomic mass is 10.0. The van der Waals surface area contributed by atoms with Crippen LogP contribution in [0.3, 0.4) is 0 Å². The average molecular weight is 239 g/mol. The number of likely N-dealkylation sites (tertiary alicyclic amines) is 1. The number of carboxylic acid groups (broad SMARTS) is 1. The van der Waals surface area contributed by atoms with Crippen molar-refractivity contribution in [2.45, 2.75) is 25.3 Å². The van der Waals surface area contributed by atoms with Gasteiger partial charge in [-0.15, -0.1) is 0 Å². The third-order valence-corrected chi connectivity index (χ3v) is 2.87. The van der Waals surface area contributed by atoms with Crippen molar-refractivity contribution in [2.75, 3.05) is 6.54 Å². The number of aromatic nitrogens is 2. The van der Waals surface area contributed by atoms with E-state index >= 15 is 0 Å². The number of imidazole rings is 1. The smallest absolute Gasteiger partial charge is 0.326 e. The summed E-state index contributed by atoms with van der Waals surface area (Å²) in [5.41, 5.74) is -0.375. The van der Waals surface area contributed by atoms with Crippen LogP contribution in [-0.2, 0) is 4.79 Å². The van der Waals surface area contributed by atoms with Crippen molar-refractivity contribution >= 4 is 11.9 Å². The first-order valence-electron chi connectivity index (χ1n) is 5.41. The molecule has 0 aliphatic carbocycles. The lowest BCUT2D eigenvalue weighted by molar-refractivity contribution is -0.143. The fraction of sp³-hybridized carbons (Fsp3) is 0.500. The Kier molecular flexibility index (Phi) is 2.99. The Balaban J connectivity index is 2.22. The van der Waals surface area contributed by atoms with E-state index in [0.717, 1.165) is 12.8 Å². The van der Waals surface area contributed by atoms with Crippen LogP contribution in [0.4, 0.5) is 0 Å². The molecule has 0 aromatic carbocycles. The number of H-pyrrole nitrogens is 2. The SMILES string of the molecule is O=C(O)[C@@H]1CCCCN1C(=O)c1c[nH]c(=O)[nH]1. The van der Waals surface area contributed by atoms with Crippen LogP contribution in [0.2, 0.25) is 0 Å². The Hall–Kier alpha value is -2.05. The molecule has 0 spiro atoms. The summed E-state index contributed by atoms with van der Waals surface area (Å²) in [5, 5.41) is 9.04. The summed E-state index contributed by atoms with van der Waals surface area (Å²) in [6, 6.07) is -0.797. The van der Waals surface area contributed by atoms with Crippen LogP contribution in [0, 0.1) is 0 Å².